The van der Waals surface area contributed by atoms with Gasteiger partial charge in [-0.15, -0.1) is 22.7 Å². The second-order valence-electron chi connectivity index (χ2n) is 8.61. The summed E-state index contributed by atoms with van der Waals surface area (Å²) in [7, 11) is -1.92. The molecule has 3 atom stereocenters. The van der Waals surface area contributed by atoms with Crippen LogP contribution in [-0.2, 0) is 16.6 Å². The third kappa shape index (κ3) is 4.48. The Bertz CT molecular complexity index is 1180. The molecular formula is C23H28N4O3S3. The summed E-state index contributed by atoms with van der Waals surface area (Å²) >= 11 is 2.89. The lowest BCUT2D eigenvalue weighted by molar-refractivity contribution is 0.0849. The number of nitrogens with zero attached hydrogens (tertiary/aromatic N) is 3. The van der Waals surface area contributed by atoms with Gasteiger partial charge in [0.05, 0.1) is 24.4 Å². The van der Waals surface area contributed by atoms with Crippen LogP contribution in [0.4, 0.5) is 0 Å². The van der Waals surface area contributed by atoms with E-state index in [0.717, 1.165) is 35.8 Å². The van der Waals surface area contributed by atoms with Crippen LogP contribution in [0.5, 0.6) is 0 Å². The van der Waals surface area contributed by atoms with Crippen LogP contribution in [0, 0.1) is 0 Å². The molecule has 0 radical (unpaired) electrons. The minimum absolute atomic E-state index is 0.155. The Morgan fingerprint density at radius 3 is 3.03 bits per heavy atom. The quantitative estimate of drug-likeness (QED) is 0.603. The number of sulfonamides is 1. The number of piperidine rings is 1. The lowest BCUT2D eigenvalue weighted by Gasteiger charge is -2.34. The van der Waals surface area contributed by atoms with E-state index in [1.807, 2.05) is 24.4 Å². The van der Waals surface area contributed by atoms with E-state index in [1.54, 1.807) is 35.9 Å². The minimum atomic E-state index is -3.56. The van der Waals surface area contributed by atoms with Gasteiger partial charge in [-0.05, 0) is 42.5 Å². The molecule has 2 aliphatic heterocycles. The Kier molecular flexibility index (Phi) is 6.56. The largest absolute Gasteiger partial charge is 0.395 e. The Balaban J connectivity index is 1.31. The first-order valence-corrected chi connectivity index (χ1v) is 14.3. The highest BCUT2D eigenvalue weighted by Crippen LogP contribution is 2.34. The molecule has 2 aromatic heterocycles. The summed E-state index contributed by atoms with van der Waals surface area (Å²) in [4.78, 5) is 8.17. The first kappa shape index (κ1) is 22.9. The monoisotopic (exact) mass is 504 g/mol. The number of likely N-dealkylation sites (N-methyl/N-ethyl adjacent to an activating group) is 1. The molecule has 1 aliphatic carbocycles. The SMILES string of the molecule is CN(C1C=CC=C2C=C(c3ncc(CN4CCCCC4CO)s3)NC21)S(=O)(=O)c1cccs1. The van der Waals surface area contributed by atoms with E-state index in [0.29, 0.717) is 4.21 Å². The van der Waals surface area contributed by atoms with Crippen LogP contribution >= 0.6 is 22.7 Å². The van der Waals surface area contributed by atoms with E-state index >= 15 is 0 Å². The number of thiophene rings is 1. The molecule has 2 N–H and O–H groups in total. The lowest BCUT2D eigenvalue weighted by atomic mass is 9.96. The van der Waals surface area contributed by atoms with Crippen molar-refractivity contribution >= 4 is 38.4 Å². The van der Waals surface area contributed by atoms with Crippen molar-refractivity contribution < 1.29 is 13.5 Å². The maximum Gasteiger partial charge on any atom is 0.252 e. The molecule has 2 aromatic rings. The van der Waals surface area contributed by atoms with Crippen molar-refractivity contribution in [2.24, 2.45) is 0 Å². The fourth-order valence-corrected chi connectivity index (χ4v) is 8.14. The predicted octanol–water partition coefficient (Wildman–Crippen LogP) is 3.05. The summed E-state index contributed by atoms with van der Waals surface area (Å²) in [5.74, 6) is 0. The highest BCUT2D eigenvalue weighted by atomic mass is 32.2. The number of likely N-dealkylation sites (tertiary alicyclic amines) is 1. The Labute approximate surface area is 202 Å². The summed E-state index contributed by atoms with van der Waals surface area (Å²) in [5.41, 5.74) is 1.98. The van der Waals surface area contributed by atoms with Crippen molar-refractivity contribution in [3.63, 3.8) is 0 Å². The highest BCUT2D eigenvalue weighted by Gasteiger charge is 2.38. The summed E-state index contributed by atoms with van der Waals surface area (Å²) in [6.45, 7) is 2.01. The topological polar surface area (TPSA) is 85.8 Å². The molecule has 3 aliphatic rings. The average molecular weight is 505 g/mol. The molecule has 33 heavy (non-hydrogen) atoms. The van der Waals surface area contributed by atoms with Crippen LogP contribution < -0.4 is 5.32 Å². The Hall–Kier alpha value is -1.82. The number of hydrogen-bond acceptors (Lipinski definition) is 8. The van der Waals surface area contributed by atoms with E-state index in [-0.39, 0.29) is 24.7 Å². The van der Waals surface area contributed by atoms with Gasteiger partial charge in [-0.1, -0.05) is 30.7 Å². The molecule has 3 unspecified atom stereocenters. The zero-order valence-electron chi connectivity index (χ0n) is 18.4. The van der Waals surface area contributed by atoms with Gasteiger partial charge in [-0.3, -0.25) is 4.90 Å². The van der Waals surface area contributed by atoms with Gasteiger partial charge in [0.1, 0.15) is 9.22 Å². The van der Waals surface area contributed by atoms with Crippen LogP contribution in [0.3, 0.4) is 0 Å². The number of hydrogen-bond donors (Lipinski definition) is 2. The standard InChI is InChI=1S/C23H28N4O3S3/c1-26(33(29,30)21-9-5-11-31-21)20-8-4-6-16-12-19(25-22(16)20)23-24-13-18(32-23)14-27-10-3-2-7-17(27)15-28/h4-6,8-9,11-13,17,20,22,25,28H,2-3,7,10,14-15H2,1H3. The third-order valence-corrected chi connectivity index (χ3v) is 10.8. The summed E-state index contributed by atoms with van der Waals surface area (Å²) in [6.07, 6.45) is 13.3. The second kappa shape index (κ2) is 9.44. The molecule has 7 nitrogen and oxygen atoms in total. The number of aromatic nitrogens is 1. The number of aliphatic hydroxyl groups is 1. The van der Waals surface area contributed by atoms with Crippen molar-refractivity contribution in [2.75, 3.05) is 20.2 Å². The van der Waals surface area contributed by atoms with Crippen LogP contribution in [0.1, 0.15) is 29.1 Å². The van der Waals surface area contributed by atoms with E-state index in [2.05, 4.69) is 21.3 Å². The normalized spacial score (nSPS) is 25.6. The van der Waals surface area contributed by atoms with Crippen LogP contribution in [0.15, 0.2) is 57.8 Å². The maximum absolute atomic E-state index is 13.1. The van der Waals surface area contributed by atoms with E-state index in [1.165, 1.54) is 33.4 Å². The summed E-state index contributed by atoms with van der Waals surface area (Å²) < 4.78 is 28.0. The van der Waals surface area contributed by atoms with E-state index in [4.69, 9.17) is 0 Å². The predicted molar refractivity (Wildman–Crippen MR) is 132 cm³/mol. The van der Waals surface area contributed by atoms with Gasteiger partial charge in [-0.2, -0.15) is 4.31 Å². The fraction of sp³-hybridized carbons (Fsp3) is 0.435. The number of aliphatic hydroxyl groups excluding tert-OH is 1. The van der Waals surface area contributed by atoms with E-state index < -0.39 is 10.0 Å². The van der Waals surface area contributed by atoms with Gasteiger partial charge in [0.25, 0.3) is 10.0 Å². The van der Waals surface area contributed by atoms with Gasteiger partial charge < -0.3 is 10.4 Å². The molecular weight excluding hydrogens is 476 g/mol. The molecule has 0 amide bonds. The molecule has 1 saturated heterocycles. The smallest absolute Gasteiger partial charge is 0.252 e. The molecule has 0 aromatic carbocycles. The molecule has 1 fully saturated rings. The van der Waals surface area contributed by atoms with Gasteiger partial charge >= 0.3 is 0 Å². The highest BCUT2D eigenvalue weighted by molar-refractivity contribution is 7.91. The first-order chi connectivity index (χ1) is 16.0. The zero-order chi connectivity index (χ0) is 23.0. The average Bonchev–Trinajstić information content (AvgIpc) is 3.59. The summed E-state index contributed by atoms with van der Waals surface area (Å²) in [5, 5.41) is 15.9. The molecule has 0 bridgehead atoms. The minimum Gasteiger partial charge on any atom is -0.395 e. The molecule has 176 valence electrons. The van der Waals surface area contributed by atoms with Gasteiger partial charge in [-0.25, -0.2) is 13.4 Å². The number of allylic oxidation sites excluding steroid dienone is 2. The van der Waals surface area contributed by atoms with Crippen molar-refractivity contribution in [2.45, 2.75) is 48.1 Å². The van der Waals surface area contributed by atoms with Crippen LogP contribution in [0.25, 0.3) is 5.70 Å². The van der Waals surface area contributed by atoms with Crippen molar-refractivity contribution in [3.8, 4) is 0 Å². The number of fused-ring (bicyclic) bond motifs is 1. The Morgan fingerprint density at radius 2 is 2.24 bits per heavy atom. The third-order valence-electron chi connectivity index (χ3n) is 6.57. The van der Waals surface area contributed by atoms with E-state index in [9.17, 15) is 13.5 Å². The van der Waals surface area contributed by atoms with Crippen LogP contribution in [0.2, 0.25) is 0 Å². The lowest BCUT2D eigenvalue weighted by Crippen LogP contribution is -2.48. The van der Waals surface area contributed by atoms with Crippen LogP contribution in [-0.4, -0.2) is 66.0 Å². The molecule has 4 heterocycles. The van der Waals surface area contributed by atoms with Crippen molar-refractivity contribution in [1.29, 1.82) is 0 Å². The molecule has 5 rings (SSSR count). The number of rotatable bonds is 7. The zero-order valence-corrected chi connectivity index (χ0v) is 20.9. The van der Waals surface area contributed by atoms with Crippen molar-refractivity contribution in [3.05, 3.63) is 63.5 Å². The van der Waals surface area contributed by atoms with Gasteiger partial charge in [0.15, 0.2) is 0 Å². The van der Waals surface area contributed by atoms with Gasteiger partial charge in [0.2, 0.25) is 0 Å². The number of nitrogens with one attached hydrogen (secondary N) is 1. The number of thiazole rings is 1. The molecule has 0 spiro atoms. The second-order valence-corrected chi connectivity index (χ2v) is 12.9. The Morgan fingerprint density at radius 1 is 1.36 bits per heavy atom. The fourth-order valence-electron chi connectivity index (χ4n) is 4.72. The molecule has 10 heteroatoms. The first-order valence-electron chi connectivity index (χ1n) is 11.2. The summed E-state index contributed by atoms with van der Waals surface area (Å²) in [6, 6.07) is 3.15. The van der Waals surface area contributed by atoms with Crippen molar-refractivity contribution in [1.82, 2.24) is 19.5 Å². The molecule has 0 saturated carbocycles. The maximum atomic E-state index is 13.1. The van der Waals surface area contributed by atoms with Gasteiger partial charge in [0, 0.05) is 30.7 Å².